The highest BCUT2D eigenvalue weighted by Gasteiger charge is 2.34. The van der Waals surface area contributed by atoms with Gasteiger partial charge < -0.3 is 9.84 Å². The third-order valence-electron chi connectivity index (χ3n) is 5.93. The second kappa shape index (κ2) is 7.96. The normalized spacial score (nSPS) is 15.6. The molecule has 0 fully saturated rings. The van der Waals surface area contributed by atoms with Crippen LogP contribution in [0.25, 0.3) is 11.1 Å². The molecule has 0 bridgehead atoms. The summed E-state index contributed by atoms with van der Waals surface area (Å²) in [6.45, 7) is 10.8. The number of fused-ring (bicyclic) bond motifs is 3. The number of benzene rings is 2. The van der Waals surface area contributed by atoms with Crippen LogP contribution >= 0.6 is 0 Å². The van der Waals surface area contributed by atoms with Crippen molar-refractivity contribution in [2.75, 3.05) is 0 Å². The number of hydrogen-bond donors (Lipinski definition) is 1. The maximum absolute atomic E-state index is 10.9. The molecule has 1 atom stereocenters. The molecule has 2 aromatic carbocycles. The number of aryl methyl sites for hydroxylation is 1. The molecule has 0 spiro atoms. The lowest BCUT2D eigenvalue weighted by Crippen LogP contribution is -2.29. The minimum Gasteiger partial charge on any atom is -0.507 e. The van der Waals surface area contributed by atoms with E-state index in [1.54, 1.807) is 0 Å². The van der Waals surface area contributed by atoms with E-state index in [9.17, 15) is 5.11 Å². The van der Waals surface area contributed by atoms with Crippen molar-refractivity contribution < 1.29 is 9.84 Å². The summed E-state index contributed by atoms with van der Waals surface area (Å²) >= 11 is 0. The Morgan fingerprint density at radius 3 is 2.52 bits per heavy atom. The number of phenolic OH excluding ortho intramolecular Hbond substituents is 1. The predicted molar refractivity (Wildman–Crippen MR) is 114 cm³/mol. The lowest BCUT2D eigenvalue weighted by molar-refractivity contribution is 0.105. The number of hydrogen-bond acceptors (Lipinski definition) is 2. The summed E-state index contributed by atoms with van der Waals surface area (Å²) in [5, 5.41) is 10.9. The van der Waals surface area contributed by atoms with E-state index in [-0.39, 0.29) is 0 Å². The highest BCUT2D eigenvalue weighted by Crippen LogP contribution is 2.50. The summed E-state index contributed by atoms with van der Waals surface area (Å²) < 4.78 is 6.38. The molecule has 1 heterocycles. The van der Waals surface area contributed by atoms with Gasteiger partial charge in [0.1, 0.15) is 17.1 Å². The molecule has 0 radical (unpaired) electrons. The van der Waals surface area contributed by atoms with Gasteiger partial charge in [-0.25, -0.2) is 0 Å². The first kappa shape index (κ1) is 19.8. The van der Waals surface area contributed by atoms with Crippen LogP contribution in [0.1, 0.15) is 88.8 Å². The first-order valence-corrected chi connectivity index (χ1v) is 10.5. The minimum absolute atomic E-state index is 0.344. The van der Waals surface area contributed by atoms with Crippen LogP contribution in [0.4, 0.5) is 0 Å². The molecule has 2 nitrogen and oxygen atoms in total. The second-order valence-electron chi connectivity index (χ2n) is 8.53. The molecule has 0 saturated heterocycles. The molecule has 2 heteroatoms. The molecule has 1 unspecified atom stereocenters. The smallest absolute Gasteiger partial charge is 0.132 e. The first-order valence-electron chi connectivity index (χ1n) is 10.5. The van der Waals surface area contributed by atoms with Gasteiger partial charge in [0.2, 0.25) is 0 Å². The Morgan fingerprint density at radius 1 is 1.04 bits per heavy atom. The van der Waals surface area contributed by atoms with E-state index in [0.717, 1.165) is 28.9 Å². The molecule has 0 aromatic heterocycles. The van der Waals surface area contributed by atoms with Crippen LogP contribution in [0.15, 0.2) is 30.3 Å². The van der Waals surface area contributed by atoms with Crippen LogP contribution < -0.4 is 4.74 Å². The zero-order valence-corrected chi connectivity index (χ0v) is 17.6. The standard InChI is InChI=1S/C25H34O2/c1-6-8-9-10-11-18(7-2)19-15-22(26)24-20-14-17(3)12-13-21(20)25(4,5)27-23(24)16-19/h12-16,18,26H,6-11H2,1-5H3. The van der Waals surface area contributed by atoms with Crippen LogP contribution in [0.2, 0.25) is 0 Å². The molecule has 3 rings (SSSR count). The average molecular weight is 367 g/mol. The average Bonchev–Trinajstić information content (AvgIpc) is 2.60. The quantitative estimate of drug-likeness (QED) is 0.515. The van der Waals surface area contributed by atoms with Gasteiger partial charge in [-0.3, -0.25) is 0 Å². The lowest BCUT2D eigenvalue weighted by atomic mass is 9.83. The van der Waals surface area contributed by atoms with Crippen molar-refractivity contribution in [1.29, 1.82) is 0 Å². The Labute approximate surface area is 164 Å². The predicted octanol–water partition coefficient (Wildman–Crippen LogP) is 7.46. The molecule has 27 heavy (non-hydrogen) atoms. The Kier molecular flexibility index (Phi) is 5.83. The van der Waals surface area contributed by atoms with Crippen molar-refractivity contribution in [3.63, 3.8) is 0 Å². The third kappa shape index (κ3) is 4.00. The van der Waals surface area contributed by atoms with Gasteiger partial charge in [0.05, 0.1) is 5.56 Å². The van der Waals surface area contributed by atoms with Gasteiger partial charge in [-0.2, -0.15) is 0 Å². The number of rotatable bonds is 7. The van der Waals surface area contributed by atoms with Crippen LogP contribution in [-0.4, -0.2) is 5.11 Å². The molecule has 0 aliphatic carbocycles. The molecule has 1 aliphatic heterocycles. The van der Waals surface area contributed by atoms with Gasteiger partial charge in [0.25, 0.3) is 0 Å². The van der Waals surface area contributed by atoms with Gasteiger partial charge in [-0.05, 0) is 62.8 Å². The molecular formula is C25H34O2. The van der Waals surface area contributed by atoms with E-state index < -0.39 is 5.60 Å². The highest BCUT2D eigenvalue weighted by molar-refractivity contribution is 5.82. The summed E-state index contributed by atoms with van der Waals surface area (Å²) in [6, 6.07) is 10.6. The van der Waals surface area contributed by atoms with E-state index in [1.807, 2.05) is 6.07 Å². The fourth-order valence-corrected chi connectivity index (χ4v) is 4.35. The largest absolute Gasteiger partial charge is 0.507 e. The summed E-state index contributed by atoms with van der Waals surface area (Å²) in [4.78, 5) is 0. The van der Waals surface area contributed by atoms with Crippen molar-refractivity contribution in [3.05, 3.63) is 47.0 Å². The van der Waals surface area contributed by atoms with Crippen LogP contribution in [0.3, 0.4) is 0 Å². The van der Waals surface area contributed by atoms with Crippen LogP contribution in [0, 0.1) is 6.92 Å². The summed E-state index contributed by atoms with van der Waals surface area (Å²) in [5.74, 6) is 1.64. The SMILES string of the molecule is CCCCCCC(CC)c1cc(O)c2c(c1)OC(C)(C)c1ccc(C)cc1-2. The van der Waals surface area contributed by atoms with Crippen molar-refractivity contribution >= 4 is 0 Å². The van der Waals surface area contributed by atoms with Crippen LogP contribution in [0.5, 0.6) is 11.5 Å². The highest BCUT2D eigenvalue weighted by atomic mass is 16.5. The molecule has 0 amide bonds. The Balaban J connectivity index is 1.99. The summed E-state index contributed by atoms with van der Waals surface area (Å²) in [6.07, 6.45) is 7.37. The monoisotopic (exact) mass is 366 g/mol. The first-order chi connectivity index (χ1) is 12.9. The van der Waals surface area contributed by atoms with E-state index in [0.29, 0.717) is 11.7 Å². The Hall–Kier alpha value is -1.96. The van der Waals surface area contributed by atoms with E-state index in [2.05, 4.69) is 58.9 Å². The molecular weight excluding hydrogens is 332 g/mol. The Bertz CT molecular complexity index is 804. The van der Waals surface area contributed by atoms with Crippen molar-refractivity contribution in [2.24, 2.45) is 0 Å². The van der Waals surface area contributed by atoms with Gasteiger partial charge in [-0.1, -0.05) is 63.3 Å². The summed E-state index contributed by atoms with van der Waals surface area (Å²) in [5.41, 5.74) is 5.08. The van der Waals surface area contributed by atoms with Crippen LogP contribution in [-0.2, 0) is 5.60 Å². The zero-order valence-electron chi connectivity index (χ0n) is 17.6. The van der Waals surface area contributed by atoms with Gasteiger partial charge in [0, 0.05) is 5.56 Å². The van der Waals surface area contributed by atoms with Gasteiger partial charge in [-0.15, -0.1) is 0 Å². The topological polar surface area (TPSA) is 29.5 Å². The lowest BCUT2D eigenvalue weighted by Gasteiger charge is -2.36. The third-order valence-corrected chi connectivity index (χ3v) is 5.93. The summed E-state index contributed by atoms with van der Waals surface area (Å²) in [7, 11) is 0. The fourth-order valence-electron chi connectivity index (χ4n) is 4.35. The number of unbranched alkanes of at least 4 members (excludes halogenated alkanes) is 3. The number of aromatic hydroxyl groups is 1. The minimum atomic E-state index is -0.399. The second-order valence-corrected chi connectivity index (χ2v) is 8.53. The van der Waals surface area contributed by atoms with Crippen molar-refractivity contribution in [3.8, 4) is 22.6 Å². The molecule has 1 aliphatic rings. The molecule has 0 saturated carbocycles. The van der Waals surface area contributed by atoms with E-state index in [4.69, 9.17) is 4.74 Å². The molecule has 2 aromatic rings. The molecule has 1 N–H and O–H groups in total. The van der Waals surface area contributed by atoms with Crippen molar-refractivity contribution in [1.82, 2.24) is 0 Å². The van der Waals surface area contributed by atoms with E-state index >= 15 is 0 Å². The fraction of sp³-hybridized carbons (Fsp3) is 0.520. The number of phenols is 1. The van der Waals surface area contributed by atoms with Crippen molar-refractivity contribution in [2.45, 2.75) is 84.7 Å². The Morgan fingerprint density at radius 2 is 1.81 bits per heavy atom. The molecule has 146 valence electrons. The maximum Gasteiger partial charge on any atom is 0.132 e. The number of ether oxygens (including phenoxy) is 1. The van der Waals surface area contributed by atoms with Gasteiger partial charge in [0.15, 0.2) is 0 Å². The van der Waals surface area contributed by atoms with Gasteiger partial charge >= 0.3 is 0 Å². The maximum atomic E-state index is 10.9. The zero-order chi connectivity index (χ0) is 19.6. The van der Waals surface area contributed by atoms with E-state index in [1.165, 1.54) is 43.2 Å².